The molecule has 164 valence electrons. The molecule has 3 heterocycles. The summed E-state index contributed by atoms with van der Waals surface area (Å²) in [4.78, 5) is 30.9. The van der Waals surface area contributed by atoms with Gasteiger partial charge in [0.05, 0.1) is 21.1 Å². The Kier molecular flexibility index (Phi) is 5.66. The van der Waals surface area contributed by atoms with E-state index in [0.717, 1.165) is 27.6 Å². The topological polar surface area (TPSA) is 56.9 Å². The fourth-order valence-corrected chi connectivity index (χ4v) is 5.20. The highest BCUT2D eigenvalue weighted by Gasteiger charge is 2.26. The maximum absolute atomic E-state index is 13.5. The van der Waals surface area contributed by atoms with E-state index in [-0.39, 0.29) is 11.3 Å². The first-order valence-electron chi connectivity index (χ1n) is 10.1. The number of ketones is 1. The van der Waals surface area contributed by atoms with Crippen molar-refractivity contribution in [2.45, 2.75) is 6.04 Å². The Morgan fingerprint density at radius 1 is 1.06 bits per heavy atom. The standard InChI is InChI=1S/C25H17Cl2N3O2S/c1-29-20-6-5-16(12-19(20)18(13-23(29)31)15-3-2-4-17(26)11-15)24(30-10-9-28-14-30)25(32)21-7-8-22(27)33-21/h2-14,24H,1H3. The summed E-state index contributed by atoms with van der Waals surface area (Å²) in [6.07, 6.45) is 5.03. The van der Waals surface area contributed by atoms with Gasteiger partial charge in [-0.15, -0.1) is 11.3 Å². The van der Waals surface area contributed by atoms with Crippen LogP contribution < -0.4 is 5.56 Å². The van der Waals surface area contributed by atoms with Gasteiger partial charge in [-0.25, -0.2) is 4.98 Å². The third kappa shape index (κ3) is 4.02. The molecule has 0 saturated heterocycles. The van der Waals surface area contributed by atoms with Crippen LogP contribution in [-0.2, 0) is 7.05 Å². The second-order valence-electron chi connectivity index (χ2n) is 7.62. The van der Waals surface area contributed by atoms with E-state index < -0.39 is 6.04 Å². The van der Waals surface area contributed by atoms with Crippen LogP contribution >= 0.6 is 34.5 Å². The lowest BCUT2D eigenvalue weighted by Crippen LogP contribution is -2.20. The molecule has 5 rings (SSSR count). The Labute approximate surface area is 203 Å². The molecule has 0 aliphatic heterocycles. The minimum Gasteiger partial charge on any atom is -0.322 e. The monoisotopic (exact) mass is 493 g/mol. The molecular weight excluding hydrogens is 477 g/mol. The predicted molar refractivity (Wildman–Crippen MR) is 134 cm³/mol. The average Bonchev–Trinajstić information content (AvgIpc) is 3.48. The number of hydrogen-bond donors (Lipinski definition) is 0. The highest BCUT2D eigenvalue weighted by molar-refractivity contribution is 7.18. The fourth-order valence-electron chi connectivity index (χ4n) is 4.01. The minimum atomic E-state index is -0.629. The van der Waals surface area contributed by atoms with E-state index in [9.17, 15) is 9.59 Å². The molecule has 1 unspecified atom stereocenters. The van der Waals surface area contributed by atoms with Crippen LogP contribution in [0.5, 0.6) is 0 Å². The number of pyridine rings is 1. The molecule has 0 radical (unpaired) electrons. The normalized spacial score (nSPS) is 12.2. The molecule has 0 fully saturated rings. The van der Waals surface area contributed by atoms with Crippen LogP contribution in [0.3, 0.4) is 0 Å². The van der Waals surface area contributed by atoms with E-state index in [0.29, 0.717) is 14.2 Å². The Balaban J connectivity index is 1.75. The van der Waals surface area contributed by atoms with Crippen molar-refractivity contribution < 1.29 is 4.79 Å². The van der Waals surface area contributed by atoms with Gasteiger partial charge in [-0.2, -0.15) is 0 Å². The van der Waals surface area contributed by atoms with Gasteiger partial charge in [-0.3, -0.25) is 9.59 Å². The zero-order valence-electron chi connectivity index (χ0n) is 17.4. The van der Waals surface area contributed by atoms with Crippen LogP contribution in [0.4, 0.5) is 0 Å². The molecule has 0 bridgehead atoms. The molecule has 0 N–H and O–H groups in total. The molecule has 0 aliphatic carbocycles. The number of nitrogens with zero attached hydrogens (tertiary/aromatic N) is 3. The maximum atomic E-state index is 13.5. The first-order chi connectivity index (χ1) is 15.9. The molecule has 0 aliphatic rings. The zero-order valence-corrected chi connectivity index (χ0v) is 19.7. The number of imidazole rings is 1. The van der Waals surface area contributed by atoms with Gasteiger partial charge in [-0.1, -0.05) is 41.4 Å². The van der Waals surface area contributed by atoms with Gasteiger partial charge >= 0.3 is 0 Å². The second-order valence-corrected chi connectivity index (χ2v) is 9.77. The van der Waals surface area contributed by atoms with E-state index in [4.69, 9.17) is 23.2 Å². The molecule has 0 amide bonds. The van der Waals surface area contributed by atoms with Crippen molar-refractivity contribution in [3.63, 3.8) is 0 Å². The van der Waals surface area contributed by atoms with Crippen LogP contribution in [0, 0.1) is 0 Å². The number of thiophene rings is 1. The van der Waals surface area contributed by atoms with E-state index in [2.05, 4.69) is 4.98 Å². The lowest BCUT2D eigenvalue weighted by Gasteiger charge is -2.19. The van der Waals surface area contributed by atoms with Crippen LogP contribution in [0.25, 0.3) is 22.0 Å². The zero-order chi connectivity index (χ0) is 23.1. The van der Waals surface area contributed by atoms with Crippen molar-refractivity contribution in [1.82, 2.24) is 14.1 Å². The molecule has 1 atom stereocenters. The van der Waals surface area contributed by atoms with Crippen molar-refractivity contribution in [2.75, 3.05) is 0 Å². The van der Waals surface area contributed by atoms with Crippen molar-refractivity contribution in [2.24, 2.45) is 7.05 Å². The molecule has 0 saturated carbocycles. The van der Waals surface area contributed by atoms with Crippen LogP contribution in [-0.4, -0.2) is 19.9 Å². The highest BCUT2D eigenvalue weighted by Crippen LogP contribution is 2.34. The number of aromatic nitrogens is 3. The number of carbonyl (C=O) groups is 1. The van der Waals surface area contributed by atoms with Gasteiger partial charge in [0.25, 0.3) is 5.56 Å². The number of hydrogen-bond acceptors (Lipinski definition) is 4. The molecule has 5 nitrogen and oxygen atoms in total. The summed E-state index contributed by atoms with van der Waals surface area (Å²) in [6.45, 7) is 0. The van der Waals surface area contributed by atoms with E-state index >= 15 is 0 Å². The van der Waals surface area contributed by atoms with E-state index in [1.54, 1.807) is 59.2 Å². The first kappa shape index (κ1) is 21.6. The Morgan fingerprint density at radius 3 is 2.61 bits per heavy atom. The number of fused-ring (bicyclic) bond motifs is 1. The Morgan fingerprint density at radius 2 is 1.91 bits per heavy atom. The van der Waals surface area contributed by atoms with Crippen LogP contribution in [0.15, 0.2) is 84.2 Å². The van der Waals surface area contributed by atoms with Crippen molar-refractivity contribution >= 4 is 51.2 Å². The molecule has 0 spiro atoms. The minimum absolute atomic E-state index is 0.0848. The van der Waals surface area contributed by atoms with Gasteiger partial charge in [0.2, 0.25) is 0 Å². The number of benzene rings is 2. The van der Waals surface area contributed by atoms with Gasteiger partial charge in [0.1, 0.15) is 6.04 Å². The van der Waals surface area contributed by atoms with E-state index in [1.165, 1.54) is 11.3 Å². The molecular formula is C25H17Cl2N3O2S. The van der Waals surface area contributed by atoms with Crippen molar-refractivity contribution in [3.05, 3.63) is 110 Å². The Bertz CT molecular complexity index is 1550. The summed E-state index contributed by atoms with van der Waals surface area (Å²) in [5.74, 6) is -0.0848. The Hall–Kier alpha value is -3.19. The van der Waals surface area contributed by atoms with Gasteiger partial charge in [0.15, 0.2) is 5.78 Å². The molecule has 8 heteroatoms. The van der Waals surface area contributed by atoms with E-state index in [1.807, 2.05) is 36.4 Å². The lowest BCUT2D eigenvalue weighted by molar-refractivity contribution is 0.0950. The lowest BCUT2D eigenvalue weighted by atomic mass is 9.95. The largest absolute Gasteiger partial charge is 0.322 e. The second kappa shape index (κ2) is 8.63. The third-order valence-electron chi connectivity index (χ3n) is 5.61. The van der Waals surface area contributed by atoms with Gasteiger partial charge < -0.3 is 9.13 Å². The first-order valence-corrected chi connectivity index (χ1v) is 11.7. The number of aryl methyl sites for hydroxylation is 1. The molecule has 3 aromatic heterocycles. The number of rotatable bonds is 5. The summed E-state index contributed by atoms with van der Waals surface area (Å²) in [5, 5.41) is 1.43. The highest BCUT2D eigenvalue weighted by atomic mass is 35.5. The number of carbonyl (C=O) groups excluding carboxylic acids is 1. The smallest absolute Gasteiger partial charge is 0.251 e. The quantitative estimate of drug-likeness (QED) is 0.272. The van der Waals surface area contributed by atoms with Gasteiger partial charge in [-0.05, 0) is 53.1 Å². The summed E-state index contributed by atoms with van der Waals surface area (Å²) in [6, 6.07) is 17.5. The molecule has 33 heavy (non-hydrogen) atoms. The van der Waals surface area contributed by atoms with Crippen LogP contribution in [0.2, 0.25) is 9.36 Å². The molecule has 2 aromatic carbocycles. The van der Waals surface area contributed by atoms with Crippen molar-refractivity contribution in [3.8, 4) is 11.1 Å². The fraction of sp³-hybridized carbons (Fsp3) is 0.0800. The number of Topliss-reactive ketones (excluding diaryl/α,β-unsaturated/α-hetero) is 1. The van der Waals surface area contributed by atoms with Crippen molar-refractivity contribution in [1.29, 1.82) is 0 Å². The summed E-state index contributed by atoms with van der Waals surface area (Å²) in [5.41, 5.74) is 3.00. The maximum Gasteiger partial charge on any atom is 0.251 e. The van der Waals surface area contributed by atoms with Gasteiger partial charge in [0, 0.05) is 35.9 Å². The predicted octanol–water partition coefficient (Wildman–Crippen LogP) is 6.24. The number of halogens is 2. The van der Waals surface area contributed by atoms with Crippen LogP contribution in [0.1, 0.15) is 21.3 Å². The summed E-state index contributed by atoms with van der Waals surface area (Å²) in [7, 11) is 1.73. The molecule has 5 aromatic rings. The summed E-state index contributed by atoms with van der Waals surface area (Å²) >= 11 is 13.6. The SMILES string of the molecule is Cn1c(=O)cc(-c2cccc(Cl)c2)c2cc(C(C(=O)c3ccc(Cl)s3)n3ccnc3)ccc21. The average molecular weight is 494 g/mol. The third-order valence-corrected chi connectivity index (χ3v) is 7.09. The summed E-state index contributed by atoms with van der Waals surface area (Å²) < 4.78 is 3.93.